The molecule has 1 saturated carbocycles. The second-order valence-electron chi connectivity index (χ2n) is 11.3. The Labute approximate surface area is 247 Å². The number of benzene rings is 1. The Morgan fingerprint density at radius 1 is 1.21 bits per heavy atom. The molecule has 39 heavy (non-hydrogen) atoms. The van der Waals surface area contributed by atoms with Crippen LogP contribution in [0, 0.1) is 5.92 Å². The number of nitrogens with zero attached hydrogens (tertiary/aromatic N) is 2. The van der Waals surface area contributed by atoms with Gasteiger partial charge in [-0.1, -0.05) is 56.3 Å². The van der Waals surface area contributed by atoms with Crippen molar-refractivity contribution in [2.75, 3.05) is 26.2 Å². The lowest BCUT2D eigenvalue weighted by Crippen LogP contribution is -2.75. The summed E-state index contributed by atoms with van der Waals surface area (Å²) in [5.74, 6) is -0.125. The highest BCUT2D eigenvalue weighted by Gasteiger charge is 2.55. The van der Waals surface area contributed by atoms with E-state index in [4.69, 9.17) is 15.8 Å². The van der Waals surface area contributed by atoms with Gasteiger partial charge in [0.25, 0.3) is 0 Å². The third-order valence-corrected chi connectivity index (χ3v) is 10.0. The standard InChI is InChI=1S/C28H41ClN4O4S.ClH/c1-2-3-14-33-26(35)23(24(34)19-8-5-4-6-9-19)31-27(36)28(33)12-15-32(16-13-28)18-22-30-25(38-37-22)20-10-7-11-21(29)17-20;/h7,10-11,17,19,22-25,30,34H,2-6,8-9,12-16,18H2,1H3,(H,31,36);1H/t22?,23-,24-,25?;/m1./s1. The van der Waals surface area contributed by atoms with Crippen molar-refractivity contribution in [2.45, 2.75) is 94.0 Å². The zero-order valence-electron chi connectivity index (χ0n) is 22.6. The highest BCUT2D eigenvalue weighted by atomic mass is 35.5. The molecule has 3 N–H and O–H groups in total. The van der Waals surface area contributed by atoms with Crippen molar-refractivity contribution in [1.29, 1.82) is 0 Å². The third-order valence-electron chi connectivity index (χ3n) is 8.83. The molecule has 218 valence electrons. The van der Waals surface area contributed by atoms with Crippen molar-refractivity contribution in [1.82, 2.24) is 20.4 Å². The molecule has 2 amide bonds. The zero-order valence-corrected chi connectivity index (χ0v) is 25.0. The van der Waals surface area contributed by atoms with E-state index in [1.54, 1.807) is 0 Å². The highest BCUT2D eigenvalue weighted by molar-refractivity contribution is 7.95. The van der Waals surface area contributed by atoms with Gasteiger partial charge in [0.15, 0.2) is 0 Å². The van der Waals surface area contributed by atoms with E-state index in [1.807, 2.05) is 29.2 Å². The molecule has 5 rings (SSSR count). The molecule has 3 aliphatic heterocycles. The van der Waals surface area contributed by atoms with Crippen molar-refractivity contribution >= 4 is 47.9 Å². The summed E-state index contributed by atoms with van der Waals surface area (Å²) in [6.07, 6.45) is 7.18. The molecular formula is C28H42Cl2N4O4S. The van der Waals surface area contributed by atoms with Crippen LogP contribution in [0.4, 0.5) is 0 Å². The molecule has 3 heterocycles. The minimum absolute atomic E-state index is 0. The molecule has 11 heteroatoms. The molecule has 4 fully saturated rings. The molecular weight excluding hydrogens is 559 g/mol. The van der Waals surface area contributed by atoms with Crippen LogP contribution < -0.4 is 10.6 Å². The van der Waals surface area contributed by atoms with E-state index in [2.05, 4.69) is 22.5 Å². The third kappa shape index (κ3) is 6.71. The van der Waals surface area contributed by atoms with E-state index in [9.17, 15) is 14.7 Å². The number of amides is 2. The fraction of sp³-hybridized carbons (Fsp3) is 0.714. The molecule has 4 aliphatic rings. The van der Waals surface area contributed by atoms with E-state index in [-0.39, 0.29) is 41.7 Å². The molecule has 0 aromatic heterocycles. The molecule has 4 atom stereocenters. The minimum Gasteiger partial charge on any atom is -0.390 e. The Hall–Kier alpha value is -1.07. The summed E-state index contributed by atoms with van der Waals surface area (Å²) < 4.78 is 5.96. The Bertz CT molecular complexity index is 990. The highest BCUT2D eigenvalue weighted by Crippen LogP contribution is 2.38. The number of halogens is 2. The number of piperazine rings is 1. The molecule has 1 spiro atoms. The van der Waals surface area contributed by atoms with Gasteiger partial charge in [0.2, 0.25) is 11.8 Å². The first-order valence-corrected chi connectivity index (χ1v) is 15.5. The second kappa shape index (κ2) is 13.7. The maximum absolute atomic E-state index is 13.8. The summed E-state index contributed by atoms with van der Waals surface area (Å²) in [6.45, 7) is 4.76. The number of piperidine rings is 1. The number of hydrogen-bond donors (Lipinski definition) is 3. The number of aliphatic hydroxyl groups excluding tert-OH is 1. The van der Waals surface area contributed by atoms with E-state index in [1.165, 1.54) is 18.5 Å². The second-order valence-corrected chi connectivity index (χ2v) is 12.6. The van der Waals surface area contributed by atoms with Crippen LogP contribution in [0.25, 0.3) is 0 Å². The number of aliphatic hydroxyl groups is 1. The van der Waals surface area contributed by atoms with Gasteiger partial charge in [0.1, 0.15) is 23.2 Å². The van der Waals surface area contributed by atoms with Gasteiger partial charge < -0.3 is 15.3 Å². The fourth-order valence-corrected chi connectivity index (χ4v) is 7.57. The number of likely N-dealkylation sites (tertiary alicyclic amines) is 1. The van der Waals surface area contributed by atoms with Crippen LogP contribution in [-0.4, -0.2) is 76.8 Å². The normalized spacial score (nSPS) is 28.8. The van der Waals surface area contributed by atoms with Gasteiger partial charge in [-0.2, -0.15) is 0 Å². The number of carbonyl (C=O) groups excluding carboxylic acids is 2. The van der Waals surface area contributed by atoms with Crippen molar-refractivity contribution in [3.8, 4) is 0 Å². The maximum Gasteiger partial charge on any atom is 0.248 e. The van der Waals surface area contributed by atoms with E-state index < -0.39 is 17.7 Å². The van der Waals surface area contributed by atoms with Gasteiger partial charge in [0.05, 0.1) is 6.10 Å². The van der Waals surface area contributed by atoms with Gasteiger partial charge >= 0.3 is 0 Å². The van der Waals surface area contributed by atoms with Crippen molar-refractivity contribution < 1.29 is 18.9 Å². The Balaban J connectivity index is 0.00000353. The predicted octanol–water partition coefficient (Wildman–Crippen LogP) is 4.26. The van der Waals surface area contributed by atoms with Gasteiger partial charge in [-0.25, -0.2) is 0 Å². The maximum atomic E-state index is 13.8. The zero-order chi connectivity index (χ0) is 26.7. The van der Waals surface area contributed by atoms with Crippen molar-refractivity contribution in [2.24, 2.45) is 5.92 Å². The average molecular weight is 602 g/mol. The first kappa shape index (κ1) is 30.9. The molecule has 1 aromatic rings. The first-order valence-electron chi connectivity index (χ1n) is 14.3. The van der Waals surface area contributed by atoms with Crippen LogP contribution in [0.3, 0.4) is 0 Å². The predicted molar refractivity (Wildman–Crippen MR) is 157 cm³/mol. The lowest BCUT2D eigenvalue weighted by atomic mass is 9.78. The average Bonchev–Trinajstić information content (AvgIpc) is 3.40. The molecule has 3 saturated heterocycles. The monoisotopic (exact) mass is 600 g/mol. The number of carbonyl (C=O) groups is 2. The van der Waals surface area contributed by atoms with Crippen LogP contribution in [0.1, 0.15) is 75.6 Å². The topological polar surface area (TPSA) is 94.1 Å². The largest absolute Gasteiger partial charge is 0.390 e. The van der Waals surface area contributed by atoms with Crippen molar-refractivity contribution in [3.63, 3.8) is 0 Å². The number of nitrogens with one attached hydrogen (secondary N) is 2. The summed E-state index contributed by atoms with van der Waals surface area (Å²) in [6, 6.07) is 6.96. The van der Waals surface area contributed by atoms with Gasteiger partial charge in [-0.05, 0) is 55.7 Å². The molecule has 0 radical (unpaired) electrons. The van der Waals surface area contributed by atoms with Crippen molar-refractivity contribution in [3.05, 3.63) is 34.9 Å². The number of unbranched alkanes of at least 4 members (excludes halogenated alkanes) is 1. The molecule has 0 bridgehead atoms. The Morgan fingerprint density at radius 3 is 2.64 bits per heavy atom. The summed E-state index contributed by atoms with van der Waals surface area (Å²) in [7, 11) is 0. The summed E-state index contributed by atoms with van der Waals surface area (Å²) >= 11 is 7.57. The smallest absolute Gasteiger partial charge is 0.248 e. The van der Waals surface area contributed by atoms with Gasteiger partial charge in [-0.3, -0.25) is 24.0 Å². The van der Waals surface area contributed by atoms with E-state index >= 15 is 0 Å². The van der Waals surface area contributed by atoms with Gasteiger partial charge in [0, 0.05) is 43.2 Å². The van der Waals surface area contributed by atoms with Gasteiger partial charge in [-0.15, -0.1) is 12.4 Å². The van der Waals surface area contributed by atoms with Crippen LogP contribution in [0.15, 0.2) is 24.3 Å². The van der Waals surface area contributed by atoms with Crippen LogP contribution in [0.2, 0.25) is 5.02 Å². The summed E-state index contributed by atoms with van der Waals surface area (Å²) in [4.78, 5) is 31.6. The lowest BCUT2D eigenvalue weighted by Gasteiger charge is -2.52. The quantitative estimate of drug-likeness (QED) is 0.384. The summed E-state index contributed by atoms with van der Waals surface area (Å²) in [5.41, 5.74) is 0.240. The number of hydrogen-bond acceptors (Lipinski definition) is 7. The Morgan fingerprint density at radius 2 is 1.95 bits per heavy atom. The minimum atomic E-state index is -0.840. The molecule has 1 aromatic carbocycles. The van der Waals surface area contributed by atoms with Crippen LogP contribution >= 0.6 is 36.1 Å². The molecule has 1 aliphatic carbocycles. The molecule has 2 unspecified atom stereocenters. The fourth-order valence-electron chi connectivity index (χ4n) is 6.55. The lowest BCUT2D eigenvalue weighted by molar-refractivity contribution is -0.166. The Kier molecular flexibility index (Phi) is 10.9. The number of rotatable bonds is 8. The molecule has 8 nitrogen and oxygen atoms in total. The van der Waals surface area contributed by atoms with E-state index in [0.29, 0.717) is 44.0 Å². The SMILES string of the molecule is CCCCN1C(=O)[C@@H]([C@H](O)C2CCCCC2)NC(=O)C12CCN(CC1NC(c3cccc(Cl)c3)SO1)CC2.Cl. The van der Waals surface area contributed by atoms with Crippen LogP contribution in [0.5, 0.6) is 0 Å². The van der Waals surface area contributed by atoms with Crippen LogP contribution in [-0.2, 0) is 13.8 Å². The summed E-state index contributed by atoms with van der Waals surface area (Å²) in [5, 5.41) is 18.4. The first-order chi connectivity index (χ1) is 18.4. The van der Waals surface area contributed by atoms with E-state index in [0.717, 1.165) is 44.1 Å².